The lowest BCUT2D eigenvalue weighted by molar-refractivity contribution is -0.137. The first-order chi connectivity index (χ1) is 17.2. The van der Waals surface area contributed by atoms with E-state index >= 15 is 0 Å². The predicted molar refractivity (Wildman–Crippen MR) is 127 cm³/mol. The molecule has 1 saturated heterocycles. The molecule has 2 unspecified atom stereocenters. The molecule has 5 rings (SSSR count). The summed E-state index contributed by atoms with van der Waals surface area (Å²) in [5.74, 6) is 0.867. The monoisotopic (exact) mass is 502 g/mol. The Morgan fingerprint density at radius 3 is 2.61 bits per heavy atom. The Bertz CT molecular complexity index is 1220. The number of ketones is 1. The molecule has 0 bridgehead atoms. The number of piperidine rings is 1. The fraction of sp³-hybridized carbons (Fsp3) is 0.520. The number of aromatic nitrogens is 4. The Morgan fingerprint density at radius 2 is 1.97 bits per heavy atom. The highest BCUT2D eigenvalue weighted by molar-refractivity contribution is 5.88. The summed E-state index contributed by atoms with van der Waals surface area (Å²) < 4.78 is 40.8. The van der Waals surface area contributed by atoms with Gasteiger partial charge in [0.25, 0.3) is 0 Å². The zero-order chi connectivity index (χ0) is 25.4. The van der Waals surface area contributed by atoms with Crippen molar-refractivity contribution in [1.29, 1.82) is 0 Å². The van der Waals surface area contributed by atoms with Crippen molar-refractivity contribution in [3.8, 4) is 0 Å². The van der Waals surface area contributed by atoms with E-state index in [4.69, 9.17) is 0 Å². The van der Waals surface area contributed by atoms with Gasteiger partial charge in [-0.15, -0.1) is 0 Å². The zero-order valence-corrected chi connectivity index (χ0v) is 20.0. The molecule has 3 aromatic rings. The highest BCUT2D eigenvalue weighted by Crippen LogP contribution is 2.36. The summed E-state index contributed by atoms with van der Waals surface area (Å²) in [6.07, 6.45) is 2.12. The number of aliphatic hydroxyl groups is 1. The van der Waals surface area contributed by atoms with Gasteiger partial charge in [0.2, 0.25) is 0 Å². The number of rotatable bonds is 8. The van der Waals surface area contributed by atoms with E-state index in [1.807, 2.05) is 21.7 Å². The molecule has 2 aliphatic rings. The minimum absolute atomic E-state index is 0.0399. The van der Waals surface area contributed by atoms with Crippen LogP contribution in [0.1, 0.15) is 37.4 Å². The molecule has 1 aliphatic carbocycles. The molecular weight excluding hydrogens is 473 g/mol. The Kier molecular flexibility index (Phi) is 6.69. The first kappa shape index (κ1) is 24.6. The van der Waals surface area contributed by atoms with Gasteiger partial charge in [-0.25, -0.2) is 9.97 Å². The summed E-state index contributed by atoms with van der Waals surface area (Å²) in [6, 6.07) is 4.69. The van der Waals surface area contributed by atoms with Crippen LogP contribution in [0.5, 0.6) is 0 Å². The number of pyridine rings is 1. The maximum Gasteiger partial charge on any atom is 0.417 e. The molecule has 0 radical (unpaired) electrons. The van der Waals surface area contributed by atoms with Gasteiger partial charge < -0.3 is 14.6 Å². The topological polar surface area (TPSA) is 87.4 Å². The third-order valence-corrected chi connectivity index (χ3v) is 6.96. The van der Waals surface area contributed by atoms with Gasteiger partial charge in [0.15, 0.2) is 0 Å². The van der Waals surface area contributed by atoms with Crippen LogP contribution in [0.2, 0.25) is 0 Å². The largest absolute Gasteiger partial charge is 0.417 e. The molecule has 11 heteroatoms. The Labute approximate surface area is 206 Å². The van der Waals surface area contributed by atoms with Crippen LogP contribution < -0.4 is 4.90 Å². The molecule has 0 amide bonds. The van der Waals surface area contributed by atoms with Crippen molar-refractivity contribution in [2.45, 2.75) is 57.6 Å². The number of hydrogen-bond donors (Lipinski definition) is 1. The van der Waals surface area contributed by atoms with Crippen LogP contribution in [0, 0.1) is 5.92 Å². The van der Waals surface area contributed by atoms with E-state index in [2.05, 4.69) is 19.9 Å². The van der Waals surface area contributed by atoms with Crippen molar-refractivity contribution in [3.63, 3.8) is 0 Å². The van der Waals surface area contributed by atoms with Crippen LogP contribution in [-0.2, 0) is 24.1 Å². The van der Waals surface area contributed by atoms with Crippen LogP contribution in [0.15, 0.2) is 36.9 Å². The van der Waals surface area contributed by atoms with Crippen LogP contribution >= 0.6 is 0 Å². The van der Waals surface area contributed by atoms with E-state index in [-0.39, 0.29) is 17.7 Å². The van der Waals surface area contributed by atoms with Crippen molar-refractivity contribution in [2.24, 2.45) is 5.92 Å². The lowest BCUT2D eigenvalue weighted by Crippen LogP contribution is -2.46. The van der Waals surface area contributed by atoms with Crippen LogP contribution in [0.4, 0.5) is 19.0 Å². The number of carbonyl (C=O) groups is 1. The molecule has 4 heterocycles. The number of likely N-dealkylation sites (tertiary alicyclic amines) is 1. The highest BCUT2D eigenvalue weighted by atomic mass is 19.4. The molecule has 2 atom stereocenters. The van der Waals surface area contributed by atoms with E-state index in [1.165, 1.54) is 12.4 Å². The Hall–Kier alpha value is -3.05. The standard InChI is InChI=1S/C25H29F3N6O2/c1-16(35)11-32-8-6-17(22(36)14-32)12-33-9-7-21-23(33)30-15-31-24(21)34(20-4-5-20)13-19-3-2-18(10-29-19)25(26,27)28/h2-3,7,9-10,15,17,20,22,36H,4-6,8,11-14H2,1H3. The average Bonchev–Trinajstić information content (AvgIpc) is 3.59. The number of anilines is 1. The van der Waals surface area contributed by atoms with E-state index < -0.39 is 17.8 Å². The first-order valence-electron chi connectivity index (χ1n) is 12.2. The van der Waals surface area contributed by atoms with Crippen LogP contribution in [0.3, 0.4) is 0 Å². The van der Waals surface area contributed by atoms with Crippen LogP contribution in [0.25, 0.3) is 11.0 Å². The molecular formula is C25H29F3N6O2. The second-order valence-corrected chi connectivity index (χ2v) is 9.85. The second kappa shape index (κ2) is 9.78. The van der Waals surface area contributed by atoms with Gasteiger partial charge in [-0.2, -0.15) is 13.2 Å². The molecule has 0 spiro atoms. The molecule has 2 fully saturated rings. The predicted octanol–water partition coefficient (Wildman–Crippen LogP) is 3.29. The lowest BCUT2D eigenvalue weighted by Gasteiger charge is -2.35. The number of alkyl halides is 3. The highest BCUT2D eigenvalue weighted by Gasteiger charge is 2.34. The molecule has 36 heavy (non-hydrogen) atoms. The fourth-order valence-electron chi connectivity index (χ4n) is 4.96. The van der Waals surface area contributed by atoms with Crippen molar-refractivity contribution < 1.29 is 23.1 Å². The number of halogens is 3. The number of β-amino-alcohol motifs (C(OH)–C–C–N with tert-alkyl or cyclic N) is 1. The van der Waals surface area contributed by atoms with Gasteiger partial charge in [0.05, 0.1) is 35.8 Å². The minimum Gasteiger partial charge on any atom is -0.391 e. The molecule has 1 N–H and O–H groups in total. The fourth-order valence-corrected chi connectivity index (χ4v) is 4.96. The van der Waals surface area contributed by atoms with E-state index in [0.29, 0.717) is 31.9 Å². The van der Waals surface area contributed by atoms with E-state index in [0.717, 1.165) is 54.9 Å². The van der Waals surface area contributed by atoms with Gasteiger partial charge in [-0.1, -0.05) is 0 Å². The van der Waals surface area contributed by atoms with Crippen LogP contribution in [-0.4, -0.2) is 67.1 Å². The van der Waals surface area contributed by atoms with Crippen molar-refractivity contribution in [2.75, 3.05) is 24.5 Å². The number of nitrogens with zero attached hydrogens (tertiary/aromatic N) is 6. The van der Waals surface area contributed by atoms with E-state index in [1.54, 1.807) is 6.92 Å². The first-order valence-corrected chi connectivity index (χ1v) is 12.2. The third kappa shape index (κ3) is 5.36. The molecule has 0 aromatic carbocycles. The number of fused-ring (bicyclic) bond motifs is 1. The summed E-state index contributed by atoms with van der Waals surface area (Å²) in [5, 5.41) is 11.6. The van der Waals surface area contributed by atoms with Gasteiger partial charge in [0, 0.05) is 37.4 Å². The number of Topliss-reactive ketones (excluding diaryl/α,β-unsaturated/α-hetero) is 1. The molecule has 1 saturated carbocycles. The maximum absolute atomic E-state index is 12.9. The SMILES string of the molecule is CC(=O)CN1CCC(Cn2ccc3c(N(Cc4ccc(C(F)(F)F)cn4)C4CC4)ncnc32)C(O)C1. The Morgan fingerprint density at radius 1 is 1.17 bits per heavy atom. The van der Waals surface area contributed by atoms with Gasteiger partial charge in [-0.3, -0.25) is 14.7 Å². The normalized spacial score (nSPS) is 21.1. The van der Waals surface area contributed by atoms with Crippen molar-refractivity contribution in [3.05, 3.63) is 48.2 Å². The summed E-state index contributed by atoms with van der Waals surface area (Å²) in [6.45, 7) is 4.10. The summed E-state index contributed by atoms with van der Waals surface area (Å²) in [7, 11) is 0. The zero-order valence-electron chi connectivity index (χ0n) is 20.0. The van der Waals surface area contributed by atoms with E-state index in [9.17, 15) is 23.1 Å². The third-order valence-electron chi connectivity index (χ3n) is 6.96. The summed E-state index contributed by atoms with van der Waals surface area (Å²) in [5.41, 5.74) is 0.533. The van der Waals surface area contributed by atoms with Gasteiger partial charge in [0.1, 0.15) is 23.6 Å². The molecule has 192 valence electrons. The average molecular weight is 503 g/mol. The smallest absolute Gasteiger partial charge is 0.391 e. The lowest BCUT2D eigenvalue weighted by atomic mass is 9.93. The quantitative estimate of drug-likeness (QED) is 0.506. The summed E-state index contributed by atoms with van der Waals surface area (Å²) in [4.78, 5) is 28.6. The van der Waals surface area contributed by atoms with Crippen molar-refractivity contribution >= 4 is 22.6 Å². The molecule has 1 aliphatic heterocycles. The second-order valence-electron chi connectivity index (χ2n) is 9.85. The molecule has 8 nitrogen and oxygen atoms in total. The maximum atomic E-state index is 12.9. The van der Waals surface area contributed by atoms with Crippen molar-refractivity contribution in [1.82, 2.24) is 24.4 Å². The number of aliphatic hydroxyl groups excluding tert-OH is 1. The minimum atomic E-state index is -4.42. The Balaban J connectivity index is 1.34. The van der Waals surface area contributed by atoms with Gasteiger partial charge >= 0.3 is 6.18 Å². The van der Waals surface area contributed by atoms with Gasteiger partial charge in [-0.05, 0) is 50.9 Å². The number of carbonyl (C=O) groups excluding carboxylic acids is 1. The number of hydrogen-bond acceptors (Lipinski definition) is 7. The molecule has 3 aromatic heterocycles. The summed E-state index contributed by atoms with van der Waals surface area (Å²) >= 11 is 0.